The quantitative estimate of drug-likeness (QED) is 0.0639. The molecule has 1 saturated carbocycles. The molecule has 2 aromatic carbocycles. The Kier molecular flexibility index (Phi) is 17.1. The van der Waals surface area contributed by atoms with Gasteiger partial charge in [-0.05, 0) is 86.8 Å². The van der Waals surface area contributed by atoms with E-state index in [0.717, 1.165) is 68.7 Å². The first-order chi connectivity index (χ1) is 36.9. The van der Waals surface area contributed by atoms with Gasteiger partial charge in [0.15, 0.2) is 17.5 Å². The number of aryl methyl sites for hydroxylation is 2. The fraction of sp³-hybridized carbons (Fsp3) is 0.455. The lowest BCUT2D eigenvalue weighted by Crippen LogP contribution is -2.58. The Morgan fingerprint density at radius 1 is 0.818 bits per heavy atom. The maximum Gasteiger partial charge on any atom is 0.411 e. The maximum atomic E-state index is 14.2. The van der Waals surface area contributed by atoms with E-state index in [-0.39, 0.29) is 43.3 Å². The summed E-state index contributed by atoms with van der Waals surface area (Å²) in [7, 11) is 0. The third-order valence-electron chi connectivity index (χ3n) is 14.2. The number of hydrogen-bond acceptors (Lipinski definition) is 17. The lowest BCUT2D eigenvalue weighted by molar-refractivity contribution is -0.144. The number of carbonyl (C=O) groups is 5. The lowest BCUT2D eigenvalue weighted by atomic mass is 9.85. The standard InChI is InChI=1S/C55H66N12O8S2/c1-32(35-12-14-36(15-13-35)48-34(3)59-31-76-48)60-50(71)44-24-39(68)28-67(44)51(72)49(55(4,5)6)63-47(70)30-74-41-26-57-52(58-27-41)66-20-18-65(19-21-66)29-46(69)64-53-61-42-17-16-37(23-45(42)77-53)38-22-43(33(2)56-25-38)62-54(73)75-40-10-8-7-9-11-40/h12-17,22-23,25-27,31-32,39-40,44,49,68H,7-11,18-21,24,28-30H2,1-6H3,(H,60,71)(H,62,73)(H,63,70)(H,61,64,69)/t32-,39+,44-,49+/m0/s1. The van der Waals surface area contributed by atoms with E-state index in [0.29, 0.717) is 48.6 Å². The lowest BCUT2D eigenvalue weighted by Gasteiger charge is -2.35. The van der Waals surface area contributed by atoms with E-state index in [1.807, 2.05) is 100 Å². The number of anilines is 3. The van der Waals surface area contributed by atoms with E-state index < -0.39 is 54.0 Å². The number of nitrogens with zero attached hydrogens (tertiary/aromatic N) is 8. The van der Waals surface area contributed by atoms with Crippen LogP contribution in [0.4, 0.5) is 21.6 Å². The largest absolute Gasteiger partial charge is 0.481 e. The van der Waals surface area contributed by atoms with Gasteiger partial charge in [-0.3, -0.25) is 34.4 Å². The number of piperazine rings is 1. The van der Waals surface area contributed by atoms with E-state index in [2.05, 4.69) is 51.1 Å². The Labute approximate surface area is 455 Å². The molecule has 3 aliphatic rings. The predicted molar refractivity (Wildman–Crippen MR) is 296 cm³/mol. The van der Waals surface area contributed by atoms with Crippen molar-refractivity contribution in [2.24, 2.45) is 5.41 Å². The van der Waals surface area contributed by atoms with Crippen molar-refractivity contribution >= 4 is 79.4 Å². The second kappa shape index (κ2) is 24.0. The third kappa shape index (κ3) is 13.7. The Morgan fingerprint density at radius 2 is 1.55 bits per heavy atom. The van der Waals surface area contributed by atoms with Gasteiger partial charge in [-0.15, -0.1) is 11.3 Å². The Morgan fingerprint density at radius 3 is 2.25 bits per heavy atom. The summed E-state index contributed by atoms with van der Waals surface area (Å²) in [6.07, 6.45) is 8.46. The summed E-state index contributed by atoms with van der Waals surface area (Å²) in [5.41, 5.74) is 7.68. The van der Waals surface area contributed by atoms with Gasteiger partial charge in [-0.2, -0.15) is 0 Å². The highest BCUT2D eigenvalue weighted by Crippen LogP contribution is 2.33. The number of nitrogens with one attached hydrogen (secondary N) is 4. The minimum Gasteiger partial charge on any atom is -0.481 e. The zero-order chi connectivity index (χ0) is 54.4. The molecule has 0 radical (unpaired) electrons. The van der Waals surface area contributed by atoms with Crippen molar-refractivity contribution in [3.05, 3.63) is 89.6 Å². The van der Waals surface area contributed by atoms with Crippen molar-refractivity contribution in [2.45, 2.75) is 110 Å². The van der Waals surface area contributed by atoms with Crippen LogP contribution in [0.3, 0.4) is 0 Å². The number of hydrogen-bond donors (Lipinski definition) is 5. The number of rotatable bonds is 16. The number of benzene rings is 2. The van der Waals surface area contributed by atoms with Gasteiger partial charge in [-0.1, -0.05) is 68.9 Å². The topological polar surface area (TPSA) is 246 Å². The number of thiazole rings is 2. The van der Waals surface area contributed by atoms with Crippen LogP contribution in [0.2, 0.25) is 0 Å². The first-order valence-electron chi connectivity index (χ1n) is 26.1. The highest BCUT2D eigenvalue weighted by molar-refractivity contribution is 7.22. The van der Waals surface area contributed by atoms with Gasteiger partial charge < -0.3 is 40.3 Å². The molecule has 2 aliphatic heterocycles. The molecule has 6 aromatic rings. The molecule has 2 saturated heterocycles. The average molecular weight is 1090 g/mol. The van der Waals surface area contributed by atoms with Crippen molar-refractivity contribution in [1.82, 2.24) is 45.4 Å². The minimum atomic E-state index is -1.03. The number of aromatic nitrogens is 5. The highest BCUT2D eigenvalue weighted by Gasteiger charge is 2.45. The molecule has 9 rings (SSSR count). The summed E-state index contributed by atoms with van der Waals surface area (Å²) >= 11 is 2.95. The van der Waals surface area contributed by atoms with Crippen molar-refractivity contribution in [3.63, 3.8) is 0 Å². The van der Waals surface area contributed by atoms with Crippen LogP contribution in [0.25, 0.3) is 31.8 Å². The molecular formula is C55H66N12O8S2. The minimum absolute atomic E-state index is 0.0494. The summed E-state index contributed by atoms with van der Waals surface area (Å²) in [5.74, 6) is -0.869. The smallest absolute Gasteiger partial charge is 0.411 e. The van der Waals surface area contributed by atoms with Gasteiger partial charge >= 0.3 is 6.09 Å². The zero-order valence-electron chi connectivity index (χ0n) is 44.2. The predicted octanol–water partition coefficient (Wildman–Crippen LogP) is 7.28. The Balaban J connectivity index is 0.715. The van der Waals surface area contributed by atoms with E-state index >= 15 is 0 Å². The molecule has 0 unspecified atom stereocenters. The van der Waals surface area contributed by atoms with Crippen molar-refractivity contribution < 1.29 is 38.6 Å². The number of β-amino-alcohol motifs (C(OH)–C–C–N with tert-alkyl or cyclic N) is 1. The van der Waals surface area contributed by atoms with Crippen LogP contribution in [0.1, 0.15) is 89.2 Å². The summed E-state index contributed by atoms with van der Waals surface area (Å²) < 4.78 is 12.3. The molecule has 5 amide bonds. The molecule has 77 heavy (non-hydrogen) atoms. The SMILES string of the molecule is Cc1ncc(-c2ccc3nc(NC(=O)CN4CCN(c5ncc(OCC(=O)N[C@H](C(=O)N6C[C@H](O)C[C@H]6C(=O)N[C@@H](C)c6ccc(-c7scnc7C)cc6)C(C)(C)C)cn5)CC4)sc3c2)cc1NC(=O)OC1CCCCC1. The maximum absolute atomic E-state index is 14.2. The first kappa shape index (κ1) is 54.6. The number of ether oxygens (including phenoxy) is 2. The van der Waals surface area contributed by atoms with Gasteiger partial charge in [0.2, 0.25) is 23.7 Å². The Bertz CT molecular complexity index is 3080. The number of amides is 5. The van der Waals surface area contributed by atoms with Gasteiger partial charge in [0.1, 0.15) is 18.2 Å². The van der Waals surface area contributed by atoms with Crippen molar-refractivity contribution in [2.75, 3.05) is 61.4 Å². The second-order valence-corrected chi connectivity index (χ2v) is 22.9. The van der Waals surface area contributed by atoms with E-state index in [9.17, 15) is 29.1 Å². The molecule has 0 bridgehead atoms. The molecule has 4 atom stereocenters. The van der Waals surface area contributed by atoms with E-state index in [1.165, 1.54) is 35.1 Å². The number of aliphatic hydroxyl groups is 1. The van der Waals surface area contributed by atoms with E-state index in [4.69, 9.17) is 9.47 Å². The van der Waals surface area contributed by atoms with Crippen LogP contribution in [0.5, 0.6) is 5.75 Å². The molecule has 6 heterocycles. The van der Waals surface area contributed by atoms with Crippen molar-refractivity contribution in [3.8, 4) is 27.3 Å². The molecule has 0 spiro atoms. The van der Waals surface area contributed by atoms with Crippen LogP contribution in [0, 0.1) is 19.3 Å². The summed E-state index contributed by atoms with van der Waals surface area (Å²) in [4.78, 5) is 96.2. The number of carbonyl (C=O) groups excluding carboxylic acids is 5. The molecular weight excluding hydrogens is 1020 g/mol. The van der Waals surface area contributed by atoms with Gasteiger partial charge in [0.25, 0.3) is 5.91 Å². The molecule has 406 valence electrons. The van der Waals surface area contributed by atoms with Gasteiger partial charge in [0.05, 0.1) is 68.8 Å². The van der Waals surface area contributed by atoms with Crippen LogP contribution >= 0.6 is 22.7 Å². The molecule has 3 fully saturated rings. The molecule has 22 heteroatoms. The normalized spacial score (nSPS) is 18.1. The Hall–Kier alpha value is -7.14. The van der Waals surface area contributed by atoms with Crippen LogP contribution in [0.15, 0.2) is 72.6 Å². The van der Waals surface area contributed by atoms with Gasteiger partial charge in [-0.25, -0.2) is 24.7 Å². The molecule has 5 N–H and O–H groups in total. The molecule has 1 aliphatic carbocycles. The van der Waals surface area contributed by atoms with Crippen molar-refractivity contribution in [1.29, 1.82) is 0 Å². The number of pyridine rings is 1. The fourth-order valence-corrected chi connectivity index (χ4v) is 11.6. The number of aliphatic hydroxyl groups excluding tert-OH is 1. The van der Waals surface area contributed by atoms with Crippen LogP contribution in [-0.4, -0.2) is 140 Å². The summed E-state index contributed by atoms with van der Waals surface area (Å²) in [5, 5.41) is 22.9. The zero-order valence-corrected chi connectivity index (χ0v) is 45.8. The first-order valence-corrected chi connectivity index (χ1v) is 27.8. The third-order valence-corrected chi connectivity index (χ3v) is 16.1. The molecule has 4 aromatic heterocycles. The summed E-state index contributed by atoms with van der Waals surface area (Å²) in [6, 6.07) is 13.3. The molecule has 20 nitrogen and oxygen atoms in total. The van der Waals surface area contributed by atoms with E-state index in [1.54, 1.807) is 17.5 Å². The fourth-order valence-electron chi connectivity index (χ4n) is 9.83. The summed E-state index contributed by atoms with van der Waals surface area (Å²) in [6.45, 7) is 13.2. The highest BCUT2D eigenvalue weighted by atomic mass is 32.1. The second-order valence-electron chi connectivity index (χ2n) is 21.0. The monoisotopic (exact) mass is 1090 g/mol. The average Bonchev–Trinajstić information content (AvgIpc) is 4.16. The van der Waals surface area contributed by atoms with Gasteiger partial charge in [0, 0.05) is 50.9 Å². The van der Waals surface area contributed by atoms with Crippen LogP contribution < -0.4 is 30.9 Å². The number of fused-ring (bicyclic) bond motifs is 1. The number of likely N-dealkylation sites (tertiary alicyclic amines) is 1. The van der Waals surface area contributed by atoms with Crippen LogP contribution in [-0.2, 0) is 23.9 Å².